The van der Waals surface area contributed by atoms with Crippen LogP contribution in [0.1, 0.15) is 55.5 Å². The molecule has 0 radical (unpaired) electrons. The van der Waals surface area contributed by atoms with Crippen LogP contribution in [0.5, 0.6) is 0 Å². The number of alkyl carbamates (subject to hydrolysis) is 1. The quantitative estimate of drug-likeness (QED) is 0.108. The van der Waals surface area contributed by atoms with Gasteiger partial charge in [0.05, 0.1) is 50.2 Å². The Hall–Kier alpha value is -5.88. The number of unbranched alkanes of at least 4 members (excludes halogenated alkanes) is 1. The van der Waals surface area contributed by atoms with E-state index in [4.69, 9.17) is 9.47 Å². The number of nitrogens with zero attached hydrogens (tertiary/aromatic N) is 4. The zero-order valence-electron chi connectivity index (χ0n) is 30.7. The molecule has 2 atom stereocenters. The number of aromatic amines is 2. The fourth-order valence-electron chi connectivity index (χ4n) is 6.11. The van der Waals surface area contributed by atoms with E-state index in [2.05, 4.69) is 47.7 Å². The molecule has 2 aromatic heterocycles. The second kappa shape index (κ2) is 18.1. The Balaban J connectivity index is 1.25. The van der Waals surface area contributed by atoms with Crippen LogP contribution < -0.4 is 16.0 Å². The van der Waals surface area contributed by atoms with Crippen LogP contribution in [0.25, 0.3) is 22.3 Å². The number of imidazole rings is 2. The number of likely N-dealkylation sites (N-methyl/N-ethyl adjacent to an activating group) is 1. The van der Waals surface area contributed by atoms with Crippen LogP contribution >= 0.6 is 0 Å². The van der Waals surface area contributed by atoms with Gasteiger partial charge in [0, 0.05) is 37.2 Å². The third kappa shape index (κ3) is 9.92. The Morgan fingerprint density at radius 1 is 0.981 bits per heavy atom. The maximum absolute atomic E-state index is 13.8. The molecule has 2 aromatic carbocycles. The van der Waals surface area contributed by atoms with Gasteiger partial charge in [-0.25, -0.2) is 19.6 Å². The molecule has 1 aliphatic rings. The van der Waals surface area contributed by atoms with E-state index < -0.39 is 24.3 Å². The van der Waals surface area contributed by atoms with Gasteiger partial charge in [-0.15, -0.1) is 0 Å². The summed E-state index contributed by atoms with van der Waals surface area (Å²) in [5.74, 6) is 7.35. The molecule has 53 heavy (non-hydrogen) atoms. The van der Waals surface area contributed by atoms with E-state index in [9.17, 15) is 19.2 Å². The minimum atomic E-state index is -0.831. The lowest BCUT2D eigenvalue weighted by Gasteiger charge is -2.41. The molecule has 15 heteroatoms. The average molecular weight is 726 g/mol. The number of fused-ring (bicyclic) bond motifs is 1. The third-order valence-electron chi connectivity index (χ3n) is 8.98. The minimum absolute atomic E-state index is 0.00495. The molecule has 4 amide bonds. The molecule has 1 fully saturated rings. The van der Waals surface area contributed by atoms with Gasteiger partial charge in [-0.05, 0) is 61.7 Å². The Morgan fingerprint density at radius 2 is 1.74 bits per heavy atom. The lowest BCUT2D eigenvalue weighted by atomic mass is 10.0. The lowest BCUT2D eigenvalue weighted by molar-refractivity contribution is -0.139. The van der Waals surface area contributed by atoms with E-state index in [0.29, 0.717) is 18.9 Å². The summed E-state index contributed by atoms with van der Waals surface area (Å²) in [6.07, 6.45) is 3.07. The van der Waals surface area contributed by atoms with Crippen molar-refractivity contribution in [1.29, 1.82) is 0 Å². The Labute approximate surface area is 308 Å². The van der Waals surface area contributed by atoms with Crippen LogP contribution in [0, 0.1) is 17.8 Å². The number of hydrogen-bond donors (Lipinski definition) is 5. The highest BCUT2D eigenvalue weighted by Gasteiger charge is 2.39. The fourth-order valence-corrected chi connectivity index (χ4v) is 6.11. The average Bonchev–Trinajstić information content (AvgIpc) is 3.82. The van der Waals surface area contributed by atoms with Crippen LogP contribution in [0.4, 0.5) is 9.59 Å². The summed E-state index contributed by atoms with van der Waals surface area (Å²) in [6.45, 7) is 5.29. The molecule has 0 spiro atoms. The molecule has 0 aliphatic carbocycles. The second-order valence-electron chi connectivity index (χ2n) is 13.1. The molecule has 0 bridgehead atoms. The van der Waals surface area contributed by atoms with Gasteiger partial charge in [-0.1, -0.05) is 37.8 Å². The summed E-state index contributed by atoms with van der Waals surface area (Å²) in [4.78, 5) is 69.1. The SMILES string of the molecule is CNCC(=O)NCCCCc1nc2ccc(C#Cc3ccc(-c4cnc(C5CN(C(=O)OC)CCN5C(=O)C(NC(=O)OC)C(C)C)[nH]4)cc3)cc2[nH]1. The number of rotatable bonds is 12. The highest BCUT2D eigenvalue weighted by Crippen LogP contribution is 2.28. The first-order valence-corrected chi connectivity index (χ1v) is 17.6. The Bertz CT molecular complexity index is 1960. The Kier molecular flexibility index (Phi) is 13.1. The summed E-state index contributed by atoms with van der Waals surface area (Å²) in [5.41, 5.74) is 5.09. The topological polar surface area (TPSA) is 187 Å². The first kappa shape index (κ1) is 38.4. The van der Waals surface area contributed by atoms with Crippen LogP contribution in [-0.2, 0) is 25.5 Å². The number of H-pyrrole nitrogens is 2. The van der Waals surface area contributed by atoms with E-state index in [0.717, 1.165) is 58.5 Å². The van der Waals surface area contributed by atoms with Crippen molar-refractivity contribution in [3.8, 4) is 23.1 Å². The largest absolute Gasteiger partial charge is 0.453 e. The monoisotopic (exact) mass is 725 g/mol. The molecule has 4 aromatic rings. The predicted molar refractivity (Wildman–Crippen MR) is 199 cm³/mol. The van der Waals surface area contributed by atoms with Gasteiger partial charge in [0.1, 0.15) is 23.7 Å². The molecule has 3 heterocycles. The number of aryl methyl sites for hydroxylation is 1. The van der Waals surface area contributed by atoms with Gasteiger partial charge in [0.25, 0.3) is 0 Å². The summed E-state index contributed by atoms with van der Waals surface area (Å²) >= 11 is 0. The van der Waals surface area contributed by atoms with E-state index in [1.54, 1.807) is 18.1 Å². The zero-order chi connectivity index (χ0) is 37.9. The van der Waals surface area contributed by atoms with Crippen molar-refractivity contribution >= 4 is 35.0 Å². The number of ether oxygens (including phenoxy) is 2. The van der Waals surface area contributed by atoms with Crippen molar-refractivity contribution in [2.24, 2.45) is 5.92 Å². The predicted octanol–water partition coefficient (Wildman–Crippen LogP) is 3.34. The van der Waals surface area contributed by atoms with Crippen molar-refractivity contribution in [2.45, 2.75) is 45.2 Å². The third-order valence-corrected chi connectivity index (χ3v) is 8.98. The molecule has 15 nitrogen and oxygen atoms in total. The van der Waals surface area contributed by atoms with Gasteiger partial charge in [0.2, 0.25) is 11.8 Å². The van der Waals surface area contributed by atoms with Gasteiger partial charge in [0.15, 0.2) is 0 Å². The first-order chi connectivity index (χ1) is 25.6. The molecule has 1 aliphatic heterocycles. The number of carbonyl (C=O) groups is 4. The molecular weight excluding hydrogens is 678 g/mol. The van der Waals surface area contributed by atoms with Crippen molar-refractivity contribution in [1.82, 2.24) is 45.7 Å². The number of benzene rings is 2. The molecule has 5 rings (SSSR count). The first-order valence-electron chi connectivity index (χ1n) is 17.6. The number of piperazine rings is 1. The van der Waals surface area contributed by atoms with Crippen LogP contribution in [0.3, 0.4) is 0 Å². The molecule has 0 saturated carbocycles. The van der Waals surface area contributed by atoms with Crippen molar-refractivity contribution in [3.05, 3.63) is 71.4 Å². The highest BCUT2D eigenvalue weighted by molar-refractivity contribution is 5.86. The molecule has 1 saturated heterocycles. The molecular formula is C38H47N9O6. The number of amides is 4. The van der Waals surface area contributed by atoms with Gasteiger partial charge >= 0.3 is 12.2 Å². The summed E-state index contributed by atoms with van der Waals surface area (Å²) in [6, 6.07) is 12.2. The van der Waals surface area contributed by atoms with Crippen LogP contribution in [-0.4, -0.2) is 114 Å². The van der Waals surface area contributed by atoms with Gasteiger partial charge in [-0.3, -0.25) is 9.59 Å². The maximum Gasteiger partial charge on any atom is 0.409 e. The van der Waals surface area contributed by atoms with Crippen LogP contribution in [0.2, 0.25) is 0 Å². The molecule has 5 N–H and O–H groups in total. The fraction of sp³-hybridized carbons (Fsp3) is 0.421. The van der Waals surface area contributed by atoms with Crippen molar-refractivity contribution < 1.29 is 28.7 Å². The Morgan fingerprint density at radius 3 is 2.45 bits per heavy atom. The normalized spacial score (nSPS) is 14.7. The van der Waals surface area contributed by atoms with Gasteiger partial charge in [-0.2, -0.15) is 0 Å². The van der Waals surface area contributed by atoms with Gasteiger partial charge < -0.3 is 45.2 Å². The van der Waals surface area contributed by atoms with Crippen molar-refractivity contribution in [3.63, 3.8) is 0 Å². The zero-order valence-corrected chi connectivity index (χ0v) is 30.7. The number of carbonyl (C=O) groups excluding carboxylic acids is 4. The smallest absolute Gasteiger partial charge is 0.409 e. The van der Waals surface area contributed by atoms with E-state index in [1.165, 1.54) is 19.1 Å². The number of nitrogens with one attached hydrogen (secondary N) is 5. The standard InChI is InChI=1S/C38H47N9O6/c1-24(2)34(45-37(50)52-4)36(49)47-19-18-46(38(51)53-5)23-31(47)35-41-21-30(44-35)27-14-11-25(12-15-27)9-10-26-13-16-28-29(20-26)43-32(42-28)8-6-7-17-40-33(48)22-39-3/h11-16,20-21,24,31,34,39H,6-8,17-19,22-23H2,1-5H3,(H,40,48)(H,41,44)(H,42,43)(H,45,50). The molecule has 2 unspecified atom stereocenters. The van der Waals surface area contributed by atoms with Crippen LogP contribution in [0.15, 0.2) is 48.7 Å². The number of hydrogen-bond acceptors (Lipinski definition) is 9. The number of aromatic nitrogens is 4. The number of methoxy groups -OCH3 is 2. The van der Waals surface area contributed by atoms with E-state index in [-0.39, 0.29) is 37.4 Å². The summed E-state index contributed by atoms with van der Waals surface area (Å²) in [5, 5.41) is 8.37. The van der Waals surface area contributed by atoms with E-state index in [1.807, 2.05) is 56.3 Å². The van der Waals surface area contributed by atoms with Crippen molar-refractivity contribution in [2.75, 3.05) is 54.0 Å². The van der Waals surface area contributed by atoms with E-state index >= 15 is 0 Å². The maximum atomic E-state index is 13.8. The highest BCUT2D eigenvalue weighted by atomic mass is 16.5. The summed E-state index contributed by atoms with van der Waals surface area (Å²) < 4.78 is 9.71. The second-order valence-corrected chi connectivity index (χ2v) is 13.1. The minimum Gasteiger partial charge on any atom is -0.453 e. The summed E-state index contributed by atoms with van der Waals surface area (Å²) in [7, 11) is 4.31. The molecule has 280 valence electrons. The lowest BCUT2D eigenvalue weighted by Crippen LogP contribution is -2.58.